The lowest BCUT2D eigenvalue weighted by molar-refractivity contribution is -0.0111. The molecule has 284 valence electrons. The lowest BCUT2D eigenvalue weighted by Crippen LogP contribution is -2.71. The lowest BCUT2D eigenvalue weighted by atomic mass is 10.2. The van der Waals surface area contributed by atoms with Crippen molar-refractivity contribution in [3.8, 4) is 0 Å². The average Bonchev–Trinajstić information content (AvgIpc) is 2.88. The first-order valence-corrected chi connectivity index (χ1v) is 26.0. The number of hydrogen-bond donors (Lipinski definition) is 0. The highest BCUT2D eigenvalue weighted by atomic mass is 28.5. The second-order valence-electron chi connectivity index (χ2n) is 18.2. The van der Waals surface area contributed by atoms with Crippen molar-refractivity contribution in [1.82, 2.24) is 0 Å². The fourth-order valence-electron chi connectivity index (χ4n) is 4.41. The molecular weight excluding hydrogens is 665 g/mol. The Labute approximate surface area is 295 Å². The highest BCUT2D eigenvalue weighted by molar-refractivity contribution is 6.91. The molecule has 0 saturated heterocycles. The van der Waals surface area contributed by atoms with Gasteiger partial charge < -0.3 is 40.1 Å². The number of ether oxygens (including phenoxy) is 4. The van der Waals surface area contributed by atoms with E-state index in [0.717, 1.165) is 0 Å². The quantitative estimate of drug-likeness (QED) is 0.113. The summed E-state index contributed by atoms with van der Waals surface area (Å²) >= 11 is 0. The minimum Gasteiger partial charge on any atom is -0.412 e. The molecule has 0 radical (unpaired) electrons. The molecule has 0 heterocycles. The Morgan fingerprint density at radius 3 is 0.660 bits per heavy atom. The third-order valence-electron chi connectivity index (χ3n) is 8.07. The molecule has 0 amide bonds. The van der Waals surface area contributed by atoms with Gasteiger partial charge in [-0.15, -0.1) is 0 Å². The van der Waals surface area contributed by atoms with Gasteiger partial charge in [0.1, 0.15) is 0 Å². The molecule has 0 spiro atoms. The van der Waals surface area contributed by atoms with Crippen LogP contribution in [0.25, 0.3) is 0 Å². The van der Waals surface area contributed by atoms with Crippen LogP contribution in [0.2, 0.25) is 22.2 Å². The van der Waals surface area contributed by atoms with Crippen molar-refractivity contribution in [2.45, 2.75) is 183 Å². The SMILES string of the molecule is CO[Si](COC(C)(C)C)(O[Si](COC(C)(C)C)(O[Si](COC(C)(C)C)(O[Si](COC(C)(C)C)(OC)C(C)C)C(C)C)C(C)C)C(C)C. The van der Waals surface area contributed by atoms with Crippen LogP contribution >= 0.6 is 0 Å². The van der Waals surface area contributed by atoms with Gasteiger partial charge in [-0.2, -0.15) is 0 Å². The maximum absolute atomic E-state index is 7.80. The Morgan fingerprint density at radius 2 is 0.511 bits per heavy atom. The summed E-state index contributed by atoms with van der Waals surface area (Å²) in [6.07, 6.45) is 1.33. The maximum Gasteiger partial charge on any atom is 0.358 e. The van der Waals surface area contributed by atoms with Gasteiger partial charge in [-0.05, 0) is 105 Å². The van der Waals surface area contributed by atoms with Gasteiger partial charge in [0.15, 0.2) is 0 Å². The van der Waals surface area contributed by atoms with Crippen LogP contribution in [0, 0.1) is 0 Å². The van der Waals surface area contributed by atoms with Crippen LogP contribution < -0.4 is 0 Å². The summed E-state index contributed by atoms with van der Waals surface area (Å²) in [6, 6.07) is 0. The Kier molecular flexibility index (Phi) is 18.0. The molecule has 0 aliphatic rings. The van der Waals surface area contributed by atoms with Gasteiger partial charge in [0.25, 0.3) is 0 Å². The Balaban J connectivity index is 7.76. The lowest BCUT2D eigenvalue weighted by Gasteiger charge is -2.51. The van der Waals surface area contributed by atoms with Gasteiger partial charge in [0.2, 0.25) is 0 Å². The molecular formula is C34H78O9Si4. The fraction of sp³-hybridized carbons (Fsp3) is 1.00. The van der Waals surface area contributed by atoms with Crippen LogP contribution in [0.5, 0.6) is 0 Å². The van der Waals surface area contributed by atoms with E-state index < -0.39 is 45.4 Å². The van der Waals surface area contributed by atoms with Gasteiger partial charge in [-0.1, -0.05) is 55.4 Å². The maximum atomic E-state index is 7.80. The number of hydrogen-bond acceptors (Lipinski definition) is 9. The highest BCUT2D eigenvalue weighted by Crippen LogP contribution is 2.42. The Bertz CT molecular complexity index is 837. The van der Waals surface area contributed by atoms with Crippen LogP contribution in [-0.4, -0.2) is 95.8 Å². The molecule has 0 bridgehead atoms. The minimum absolute atomic E-state index is 0.0207. The van der Waals surface area contributed by atoms with Gasteiger partial charge >= 0.3 is 34.2 Å². The van der Waals surface area contributed by atoms with Gasteiger partial charge in [0.05, 0.1) is 47.3 Å². The van der Waals surface area contributed by atoms with E-state index in [2.05, 4.69) is 138 Å². The van der Waals surface area contributed by atoms with E-state index in [1.165, 1.54) is 0 Å². The molecule has 47 heavy (non-hydrogen) atoms. The highest BCUT2D eigenvalue weighted by Gasteiger charge is 2.62. The molecule has 13 heteroatoms. The standard InChI is InChI=1S/C34H78O9Si4/c1-27(2)44(35-21,23-37-31(9,10)11)41-46(29(5)6,25-39-33(15,16)17)43-47(30(7)8,26-40-34(18,19)20)42-45(36-22,28(3)4)24-38-32(12,13)14/h27-30H,23-26H2,1-22H3. The molecule has 0 aromatic carbocycles. The molecule has 0 aromatic rings. The van der Waals surface area contributed by atoms with E-state index >= 15 is 0 Å². The molecule has 0 rings (SSSR count). The molecule has 4 atom stereocenters. The van der Waals surface area contributed by atoms with E-state index in [1.807, 2.05) is 0 Å². The van der Waals surface area contributed by atoms with E-state index in [1.54, 1.807) is 14.2 Å². The predicted molar refractivity (Wildman–Crippen MR) is 204 cm³/mol. The molecule has 0 aliphatic heterocycles. The molecule has 0 fully saturated rings. The molecule has 0 N–H and O–H groups in total. The van der Waals surface area contributed by atoms with Gasteiger partial charge in [-0.3, -0.25) is 0 Å². The van der Waals surface area contributed by atoms with Crippen LogP contribution in [0.15, 0.2) is 0 Å². The summed E-state index contributed by atoms with van der Waals surface area (Å²) in [5, 5.41) is 0. The third kappa shape index (κ3) is 15.7. The van der Waals surface area contributed by atoms with Crippen molar-refractivity contribution in [1.29, 1.82) is 0 Å². The summed E-state index contributed by atoms with van der Waals surface area (Å²) in [6.45, 7) is 42.1. The zero-order chi connectivity index (χ0) is 37.5. The summed E-state index contributed by atoms with van der Waals surface area (Å²) < 4.78 is 62.1. The second kappa shape index (κ2) is 17.8. The topological polar surface area (TPSA) is 83.1 Å². The van der Waals surface area contributed by atoms with Crippen molar-refractivity contribution in [3.63, 3.8) is 0 Å². The van der Waals surface area contributed by atoms with Crippen LogP contribution in [0.4, 0.5) is 0 Å². The molecule has 0 aromatic heterocycles. The minimum atomic E-state index is -3.38. The van der Waals surface area contributed by atoms with Crippen LogP contribution in [0.1, 0.15) is 138 Å². The zero-order valence-electron chi connectivity index (χ0n) is 34.8. The van der Waals surface area contributed by atoms with Crippen molar-refractivity contribution < 1.29 is 40.1 Å². The Hall–Kier alpha value is 0.508. The second-order valence-corrected chi connectivity index (χ2v) is 33.7. The summed E-state index contributed by atoms with van der Waals surface area (Å²) in [5.74, 6) is 0. The first-order valence-electron chi connectivity index (χ1n) is 17.6. The molecule has 0 aliphatic carbocycles. The molecule has 9 nitrogen and oxygen atoms in total. The van der Waals surface area contributed by atoms with Gasteiger partial charge in [-0.25, -0.2) is 0 Å². The van der Waals surface area contributed by atoms with Crippen LogP contribution in [0.3, 0.4) is 0 Å². The third-order valence-corrected chi connectivity index (χ3v) is 27.0. The van der Waals surface area contributed by atoms with Crippen LogP contribution in [-0.2, 0) is 40.1 Å². The molecule has 0 saturated carbocycles. The van der Waals surface area contributed by atoms with Gasteiger partial charge in [0, 0.05) is 14.2 Å². The largest absolute Gasteiger partial charge is 0.412 e. The van der Waals surface area contributed by atoms with Crippen molar-refractivity contribution >= 4 is 34.2 Å². The summed E-state index contributed by atoms with van der Waals surface area (Å²) in [7, 11) is -9.38. The summed E-state index contributed by atoms with van der Waals surface area (Å²) in [5.41, 5.74) is -1.48. The normalized spacial score (nSPS) is 19.3. The van der Waals surface area contributed by atoms with Crippen molar-refractivity contribution in [2.24, 2.45) is 0 Å². The number of rotatable bonds is 20. The van der Waals surface area contributed by atoms with E-state index in [0.29, 0.717) is 24.9 Å². The van der Waals surface area contributed by atoms with E-state index in [-0.39, 0.29) is 33.4 Å². The van der Waals surface area contributed by atoms with Crippen molar-refractivity contribution in [3.05, 3.63) is 0 Å². The average molecular weight is 743 g/mol. The first kappa shape index (κ1) is 47.5. The van der Waals surface area contributed by atoms with E-state index in [9.17, 15) is 0 Å². The molecule has 4 unspecified atom stereocenters. The first-order chi connectivity index (χ1) is 20.8. The predicted octanol–water partition coefficient (Wildman–Crippen LogP) is 9.16. The monoisotopic (exact) mass is 742 g/mol. The zero-order valence-corrected chi connectivity index (χ0v) is 38.8. The summed E-state index contributed by atoms with van der Waals surface area (Å²) in [4.78, 5) is 0. The van der Waals surface area contributed by atoms with E-state index in [4.69, 9.17) is 40.1 Å². The fourth-order valence-corrected chi connectivity index (χ4v) is 25.3. The Morgan fingerprint density at radius 1 is 0.340 bits per heavy atom. The smallest absolute Gasteiger partial charge is 0.358 e. The van der Waals surface area contributed by atoms with Crippen molar-refractivity contribution in [2.75, 3.05) is 39.1 Å².